The Kier molecular flexibility index (Phi) is 4.20. The van der Waals surface area contributed by atoms with Crippen molar-refractivity contribution in [2.75, 3.05) is 27.9 Å². The van der Waals surface area contributed by atoms with E-state index in [-0.39, 0.29) is 6.04 Å². The van der Waals surface area contributed by atoms with E-state index in [1.165, 1.54) is 11.1 Å². The second-order valence-electron chi connectivity index (χ2n) is 5.26. The molecule has 1 aliphatic rings. The van der Waals surface area contributed by atoms with Gasteiger partial charge in [0.2, 0.25) is 5.75 Å². The molecule has 1 aliphatic heterocycles. The van der Waals surface area contributed by atoms with Crippen LogP contribution in [0.25, 0.3) is 0 Å². The molecule has 0 saturated heterocycles. The van der Waals surface area contributed by atoms with Gasteiger partial charge in [-0.05, 0) is 29.7 Å². The second kappa shape index (κ2) is 6.28. The second-order valence-corrected chi connectivity index (χ2v) is 5.26. The summed E-state index contributed by atoms with van der Waals surface area (Å²) in [5.74, 6) is 2.02. The van der Waals surface area contributed by atoms with Crippen LogP contribution in [0.5, 0.6) is 17.2 Å². The summed E-state index contributed by atoms with van der Waals surface area (Å²) >= 11 is 0. The standard InChI is InChI=1S/C18H21NO3/c1-20-15-9-8-14(17(21-2)18(15)22-3)16-13-7-5-4-6-12(13)10-11-19-16/h4-9,16,19H,10-11H2,1-3H3. The van der Waals surface area contributed by atoms with Crippen LogP contribution in [0, 0.1) is 0 Å². The van der Waals surface area contributed by atoms with Crippen molar-refractivity contribution in [1.29, 1.82) is 0 Å². The number of ether oxygens (including phenoxy) is 3. The van der Waals surface area contributed by atoms with Crippen LogP contribution in [0.2, 0.25) is 0 Å². The van der Waals surface area contributed by atoms with Crippen molar-refractivity contribution in [1.82, 2.24) is 5.32 Å². The van der Waals surface area contributed by atoms with Gasteiger partial charge in [0.25, 0.3) is 0 Å². The average molecular weight is 299 g/mol. The van der Waals surface area contributed by atoms with Crippen LogP contribution < -0.4 is 19.5 Å². The van der Waals surface area contributed by atoms with E-state index >= 15 is 0 Å². The summed E-state index contributed by atoms with van der Waals surface area (Å²) in [6.07, 6.45) is 1.04. The topological polar surface area (TPSA) is 39.7 Å². The Hall–Kier alpha value is -2.20. The van der Waals surface area contributed by atoms with E-state index in [0.717, 1.165) is 24.3 Å². The third kappa shape index (κ3) is 2.40. The summed E-state index contributed by atoms with van der Waals surface area (Å²) in [6.45, 7) is 0.944. The van der Waals surface area contributed by atoms with Crippen molar-refractivity contribution >= 4 is 0 Å². The zero-order valence-electron chi connectivity index (χ0n) is 13.2. The van der Waals surface area contributed by atoms with Crippen LogP contribution in [0.1, 0.15) is 22.7 Å². The van der Waals surface area contributed by atoms with Gasteiger partial charge < -0.3 is 19.5 Å². The molecule has 0 saturated carbocycles. The van der Waals surface area contributed by atoms with Gasteiger partial charge in [0.05, 0.1) is 27.4 Å². The highest BCUT2D eigenvalue weighted by molar-refractivity contribution is 5.58. The Morgan fingerprint density at radius 3 is 2.36 bits per heavy atom. The Balaban J connectivity index is 2.13. The maximum atomic E-state index is 5.63. The minimum Gasteiger partial charge on any atom is -0.493 e. The number of hydrogen-bond donors (Lipinski definition) is 1. The molecule has 0 aliphatic carbocycles. The molecular weight excluding hydrogens is 278 g/mol. The number of rotatable bonds is 4. The van der Waals surface area contributed by atoms with E-state index in [1.54, 1.807) is 21.3 Å². The van der Waals surface area contributed by atoms with Crippen molar-refractivity contribution < 1.29 is 14.2 Å². The number of fused-ring (bicyclic) bond motifs is 1. The normalized spacial score (nSPS) is 16.8. The summed E-state index contributed by atoms with van der Waals surface area (Å²) < 4.78 is 16.5. The predicted molar refractivity (Wildman–Crippen MR) is 86.1 cm³/mol. The lowest BCUT2D eigenvalue weighted by atomic mass is 9.89. The maximum Gasteiger partial charge on any atom is 0.203 e. The highest BCUT2D eigenvalue weighted by atomic mass is 16.5. The van der Waals surface area contributed by atoms with Crippen molar-refractivity contribution in [2.24, 2.45) is 0 Å². The molecular formula is C18H21NO3. The SMILES string of the molecule is COc1ccc(C2NCCc3ccccc32)c(OC)c1OC. The van der Waals surface area contributed by atoms with Crippen molar-refractivity contribution in [2.45, 2.75) is 12.5 Å². The van der Waals surface area contributed by atoms with Gasteiger partial charge >= 0.3 is 0 Å². The summed E-state index contributed by atoms with van der Waals surface area (Å²) in [6, 6.07) is 12.6. The molecule has 1 N–H and O–H groups in total. The lowest BCUT2D eigenvalue weighted by Gasteiger charge is -2.29. The van der Waals surface area contributed by atoms with Crippen LogP contribution in [0.4, 0.5) is 0 Å². The van der Waals surface area contributed by atoms with Crippen molar-refractivity contribution in [3.8, 4) is 17.2 Å². The lowest BCUT2D eigenvalue weighted by Crippen LogP contribution is -2.30. The Labute approximate surface area is 131 Å². The molecule has 0 fully saturated rings. The van der Waals surface area contributed by atoms with Crippen LogP contribution in [0.3, 0.4) is 0 Å². The monoisotopic (exact) mass is 299 g/mol. The van der Waals surface area contributed by atoms with Crippen LogP contribution in [-0.4, -0.2) is 27.9 Å². The van der Waals surface area contributed by atoms with Crippen molar-refractivity contribution in [3.63, 3.8) is 0 Å². The molecule has 4 heteroatoms. The van der Waals surface area contributed by atoms with Crippen molar-refractivity contribution in [3.05, 3.63) is 53.1 Å². The van der Waals surface area contributed by atoms with E-state index < -0.39 is 0 Å². The van der Waals surface area contributed by atoms with Crippen LogP contribution in [-0.2, 0) is 6.42 Å². The molecule has 0 spiro atoms. The molecule has 1 heterocycles. The van der Waals surface area contributed by atoms with E-state index in [4.69, 9.17) is 14.2 Å². The third-order valence-corrected chi connectivity index (χ3v) is 4.15. The largest absolute Gasteiger partial charge is 0.493 e. The van der Waals surface area contributed by atoms with E-state index in [0.29, 0.717) is 11.5 Å². The molecule has 2 aromatic rings. The molecule has 0 radical (unpaired) electrons. The Morgan fingerprint density at radius 2 is 1.64 bits per heavy atom. The Morgan fingerprint density at radius 1 is 0.864 bits per heavy atom. The fourth-order valence-electron chi connectivity index (χ4n) is 3.13. The van der Waals surface area contributed by atoms with E-state index in [9.17, 15) is 0 Å². The van der Waals surface area contributed by atoms with Crippen LogP contribution in [0.15, 0.2) is 36.4 Å². The summed E-state index contributed by atoms with van der Waals surface area (Å²) in [5, 5.41) is 3.58. The molecule has 3 rings (SSSR count). The molecule has 0 bridgehead atoms. The van der Waals surface area contributed by atoms with Gasteiger partial charge in [0.15, 0.2) is 11.5 Å². The molecule has 116 valence electrons. The van der Waals surface area contributed by atoms with E-state index in [1.807, 2.05) is 12.1 Å². The quantitative estimate of drug-likeness (QED) is 0.942. The van der Waals surface area contributed by atoms with Gasteiger partial charge in [-0.1, -0.05) is 24.3 Å². The molecule has 1 atom stereocenters. The minimum absolute atomic E-state index is 0.0970. The predicted octanol–water partition coefficient (Wildman–Crippen LogP) is 2.95. The fraction of sp³-hybridized carbons (Fsp3) is 0.333. The highest BCUT2D eigenvalue weighted by Crippen LogP contribution is 2.44. The van der Waals surface area contributed by atoms with E-state index in [2.05, 4.69) is 29.6 Å². The molecule has 0 aromatic heterocycles. The third-order valence-electron chi connectivity index (χ3n) is 4.15. The molecule has 4 nitrogen and oxygen atoms in total. The summed E-state index contributed by atoms with van der Waals surface area (Å²) in [7, 11) is 4.92. The highest BCUT2D eigenvalue weighted by Gasteiger charge is 2.26. The first-order valence-electron chi connectivity index (χ1n) is 7.40. The van der Waals surface area contributed by atoms with Gasteiger partial charge in [0, 0.05) is 12.1 Å². The minimum atomic E-state index is 0.0970. The summed E-state index contributed by atoms with van der Waals surface area (Å²) in [4.78, 5) is 0. The maximum absolute atomic E-state index is 5.63. The smallest absolute Gasteiger partial charge is 0.203 e. The molecule has 1 unspecified atom stereocenters. The molecule has 2 aromatic carbocycles. The van der Waals surface area contributed by atoms with Gasteiger partial charge in [-0.3, -0.25) is 0 Å². The zero-order valence-corrected chi connectivity index (χ0v) is 13.2. The van der Waals surface area contributed by atoms with Gasteiger partial charge in [-0.15, -0.1) is 0 Å². The van der Waals surface area contributed by atoms with Gasteiger partial charge in [-0.2, -0.15) is 0 Å². The molecule has 22 heavy (non-hydrogen) atoms. The first kappa shape index (κ1) is 14.7. The van der Waals surface area contributed by atoms with Gasteiger partial charge in [-0.25, -0.2) is 0 Å². The number of hydrogen-bond acceptors (Lipinski definition) is 4. The number of methoxy groups -OCH3 is 3. The number of nitrogens with one attached hydrogen (secondary N) is 1. The molecule has 0 amide bonds. The number of benzene rings is 2. The fourth-order valence-corrected chi connectivity index (χ4v) is 3.13. The first-order chi connectivity index (χ1) is 10.8. The lowest BCUT2D eigenvalue weighted by molar-refractivity contribution is 0.320. The first-order valence-corrected chi connectivity index (χ1v) is 7.40. The Bertz CT molecular complexity index is 669. The average Bonchev–Trinajstić information content (AvgIpc) is 2.59. The van der Waals surface area contributed by atoms with Crippen LogP contribution >= 0.6 is 0 Å². The van der Waals surface area contributed by atoms with Gasteiger partial charge in [0.1, 0.15) is 0 Å². The summed E-state index contributed by atoms with van der Waals surface area (Å²) in [5.41, 5.74) is 3.73. The zero-order chi connectivity index (χ0) is 15.5.